The standard InChI is InChI=1S/C22H20N2O5/c1-14-10-18(15(2)24(14)17-6-4-3-5-7-17)22(26)27-12-21(25)23-16-8-9-19-20(11-16)29-13-28-19/h3-11H,12-13H2,1-2H3,(H,23,25). The summed E-state index contributed by atoms with van der Waals surface area (Å²) in [5.74, 6) is 0.214. The van der Waals surface area contributed by atoms with E-state index < -0.39 is 11.9 Å². The molecule has 0 saturated carbocycles. The fraction of sp³-hybridized carbons (Fsp3) is 0.182. The summed E-state index contributed by atoms with van der Waals surface area (Å²) in [5, 5.41) is 2.68. The molecular formula is C22H20N2O5. The summed E-state index contributed by atoms with van der Waals surface area (Å²) in [5.41, 5.74) is 3.60. The molecule has 7 heteroatoms. The van der Waals surface area contributed by atoms with Crippen molar-refractivity contribution in [2.75, 3.05) is 18.7 Å². The molecule has 0 fully saturated rings. The average Bonchev–Trinajstić information content (AvgIpc) is 3.30. The van der Waals surface area contributed by atoms with Crippen molar-refractivity contribution in [3.05, 3.63) is 71.5 Å². The van der Waals surface area contributed by atoms with Crippen molar-refractivity contribution in [3.63, 3.8) is 0 Å². The number of benzene rings is 2. The topological polar surface area (TPSA) is 78.8 Å². The highest BCUT2D eigenvalue weighted by atomic mass is 16.7. The number of hydrogen-bond donors (Lipinski definition) is 1. The van der Waals surface area contributed by atoms with E-state index in [-0.39, 0.29) is 13.4 Å². The molecule has 1 amide bonds. The highest BCUT2D eigenvalue weighted by molar-refractivity contribution is 5.96. The summed E-state index contributed by atoms with van der Waals surface area (Å²) in [6.45, 7) is 3.54. The molecule has 0 atom stereocenters. The second kappa shape index (κ2) is 7.71. The third-order valence-electron chi connectivity index (χ3n) is 4.66. The number of ether oxygens (including phenoxy) is 3. The van der Waals surface area contributed by atoms with E-state index in [1.54, 1.807) is 24.3 Å². The number of aryl methyl sites for hydroxylation is 1. The van der Waals surface area contributed by atoms with Crippen molar-refractivity contribution in [3.8, 4) is 17.2 Å². The fourth-order valence-corrected chi connectivity index (χ4v) is 3.32. The molecule has 1 aliphatic rings. The summed E-state index contributed by atoms with van der Waals surface area (Å²) in [4.78, 5) is 24.7. The largest absolute Gasteiger partial charge is 0.454 e. The van der Waals surface area contributed by atoms with Crippen LogP contribution in [0.15, 0.2) is 54.6 Å². The maximum atomic E-state index is 12.5. The van der Waals surface area contributed by atoms with Crippen molar-refractivity contribution in [2.24, 2.45) is 0 Å². The van der Waals surface area contributed by atoms with Crippen LogP contribution in [0.5, 0.6) is 11.5 Å². The molecule has 0 saturated heterocycles. The average molecular weight is 392 g/mol. The highest BCUT2D eigenvalue weighted by Gasteiger charge is 2.19. The Morgan fingerprint density at radius 2 is 1.79 bits per heavy atom. The Balaban J connectivity index is 1.40. The Labute approximate surface area is 167 Å². The second-order valence-corrected chi connectivity index (χ2v) is 6.65. The molecule has 148 valence electrons. The first-order valence-corrected chi connectivity index (χ1v) is 9.14. The summed E-state index contributed by atoms with van der Waals surface area (Å²) in [7, 11) is 0. The van der Waals surface area contributed by atoms with E-state index in [0.717, 1.165) is 17.1 Å². The molecular weight excluding hydrogens is 372 g/mol. The zero-order valence-corrected chi connectivity index (χ0v) is 16.1. The third kappa shape index (κ3) is 3.80. The van der Waals surface area contributed by atoms with Gasteiger partial charge in [0.1, 0.15) is 0 Å². The van der Waals surface area contributed by atoms with Crippen LogP contribution in [0, 0.1) is 13.8 Å². The van der Waals surface area contributed by atoms with Crippen LogP contribution in [-0.2, 0) is 9.53 Å². The van der Waals surface area contributed by atoms with E-state index in [9.17, 15) is 9.59 Å². The Kier molecular flexibility index (Phi) is 4.95. The molecule has 4 rings (SSSR count). The van der Waals surface area contributed by atoms with E-state index in [1.165, 1.54) is 0 Å². The van der Waals surface area contributed by atoms with Gasteiger partial charge in [-0.2, -0.15) is 0 Å². The predicted octanol–water partition coefficient (Wildman–Crippen LogP) is 3.62. The minimum absolute atomic E-state index is 0.158. The summed E-state index contributed by atoms with van der Waals surface area (Å²) in [6.07, 6.45) is 0. The van der Waals surface area contributed by atoms with Gasteiger partial charge in [0.05, 0.1) is 5.56 Å². The molecule has 2 heterocycles. The minimum atomic E-state index is -0.541. The van der Waals surface area contributed by atoms with Gasteiger partial charge in [0.2, 0.25) is 6.79 Å². The molecule has 1 aliphatic heterocycles. The SMILES string of the molecule is Cc1cc(C(=O)OCC(=O)Nc2ccc3c(c2)OCO3)c(C)n1-c1ccccc1. The number of anilines is 1. The Hall–Kier alpha value is -3.74. The number of amides is 1. The van der Waals surface area contributed by atoms with Crippen molar-refractivity contribution >= 4 is 17.6 Å². The Bertz CT molecular complexity index is 1070. The first-order valence-electron chi connectivity index (χ1n) is 9.14. The number of nitrogens with zero attached hydrogens (tertiary/aromatic N) is 1. The van der Waals surface area contributed by atoms with Gasteiger partial charge >= 0.3 is 5.97 Å². The van der Waals surface area contributed by atoms with Gasteiger partial charge in [-0.05, 0) is 44.2 Å². The summed E-state index contributed by atoms with van der Waals surface area (Å²) >= 11 is 0. The van der Waals surface area contributed by atoms with Crippen LogP contribution in [0.3, 0.4) is 0 Å². The molecule has 0 unspecified atom stereocenters. The van der Waals surface area contributed by atoms with Crippen LogP contribution < -0.4 is 14.8 Å². The molecule has 1 N–H and O–H groups in total. The van der Waals surface area contributed by atoms with E-state index in [0.29, 0.717) is 22.7 Å². The number of carbonyl (C=O) groups excluding carboxylic acids is 2. The first-order chi connectivity index (χ1) is 14.0. The smallest absolute Gasteiger partial charge is 0.340 e. The maximum absolute atomic E-state index is 12.5. The van der Waals surface area contributed by atoms with Gasteiger partial charge < -0.3 is 24.1 Å². The normalized spacial score (nSPS) is 11.9. The first kappa shape index (κ1) is 18.6. The van der Waals surface area contributed by atoms with Gasteiger partial charge in [0.15, 0.2) is 18.1 Å². The van der Waals surface area contributed by atoms with Crippen LogP contribution in [0.2, 0.25) is 0 Å². The molecule has 2 aromatic carbocycles. The van der Waals surface area contributed by atoms with Crippen molar-refractivity contribution in [2.45, 2.75) is 13.8 Å². The van der Waals surface area contributed by atoms with Crippen LogP contribution in [0.1, 0.15) is 21.7 Å². The number of para-hydroxylation sites is 1. The number of carbonyl (C=O) groups is 2. The zero-order valence-electron chi connectivity index (χ0n) is 16.1. The van der Waals surface area contributed by atoms with E-state index >= 15 is 0 Å². The monoisotopic (exact) mass is 392 g/mol. The van der Waals surface area contributed by atoms with E-state index in [4.69, 9.17) is 14.2 Å². The zero-order chi connectivity index (χ0) is 20.4. The third-order valence-corrected chi connectivity index (χ3v) is 4.66. The number of hydrogen-bond acceptors (Lipinski definition) is 5. The van der Waals surface area contributed by atoms with Crippen LogP contribution in [0.4, 0.5) is 5.69 Å². The lowest BCUT2D eigenvalue weighted by molar-refractivity contribution is -0.119. The number of rotatable bonds is 5. The van der Waals surface area contributed by atoms with Gasteiger partial charge in [-0.15, -0.1) is 0 Å². The lowest BCUT2D eigenvalue weighted by Crippen LogP contribution is -2.21. The fourth-order valence-electron chi connectivity index (χ4n) is 3.32. The molecule has 1 aromatic heterocycles. The van der Waals surface area contributed by atoms with E-state index in [1.807, 2.05) is 48.7 Å². The molecule has 29 heavy (non-hydrogen) atoms. The molecule has 0 aliphatic carbocycles. The number of esters is 1. The molecule has 0 radical (unpaired) electrons. The van der Waals surface area contributed by atoms with Crippen LogP contribution in [-0.4, -0.2) is 29.8 Å². The van der Waals surface area contributed by atoms with Crippen molar-refractivity contribution in [1.29, 1.82) is 0 Å². The molecule has 0 spiro atoms. The molecule has 3 aromatic rings. The van der Waals surface area contributed by atoms with Crippen molar-refractivity contribution in [1.82, 2.24) is 4.57 Å². The maximum Gasteiger partial charge on any atom is 0.340 e. The summed E-state index contributed by atoms with van der Waals surface area (Å²) in [6, 6.07) is 16.6. The van der Waals surface area contributed by atoms with Crippen LogP contribution in [0.25, 0.3) is 5.69 Å². The highest BCUT2D eigenvalue weighted by Crippen LogP contribution is 2.34. The quantitative estimate of drug-likeness (QED) is 0.671. The Morgan fingerprint density at radius 1 is 1.03 bits per heavy atom. The molecule has 0 bridgehead atoms. The van der Waals surface area contributed by atoms with Gasteiger partial charge in [-0.3, -0.25) is 4.79 Å². The number of aromatic nitrogens is 1. The van der Waals surface area contributed by atoms with E-state index in [2.05, 4.69) is 5.32 Å². The minimum Gasteiger partial charge on any atom is -0.454 e. The van der Waals surface area contributed by atoms with Gasteiger partial charge in [0, 0.05) is 28.8 Å². The lowest BCUT2D eigenvalue weighted by atomic mass is 10.2. The second-order valence-electron chi connectivity index (χ2n) is 6.65. The van der Waals surface area contributed by atoms with Gasteiger partial charge in [-0.25, -0.2) is 4.79 Å². The van der Waals surface area contributed by atoms with Gasteiger partial charge in [-0.1, -0.05) is 18.2 Å². The lowest BCUT2D eigenvalue weighted by Gasteiger charge is -2.10. The number of nitrogens with one attached hydrogen (secondary N) is 1. The van der Waals surface area contributed by atoms with Crippen molar-refractivity contribution < 1.29 is 23.8 Å². The van der Waals surface area contributed by atoms with Gasteiger partial charge in [0.25, 0.3) is 5.91 Å². The Morgan fingerprint density at radius 3 is 2.59 bits per heavy atom. The molecule has 7 nitrogen and oxygen atoms in total. The van der Waals surface area contributed by atoms with Crippen LogP contribution >= 0.6 is 0 Å². The number of fused-ring (bicyclic) bond motifs is 1. The predicted molar refractivity (Wildman–Crippen MR) is 107 cm³/mol. The summed E-state index contributed by atoms with van der Waals surface area (Å²) < 4.78 is 17.7.